The molecule has 0 atom stereocenters. The molecule has 0 bridgehead atoms. The first-order valence-electron chi connectivity index (χ1n) is 7.44. The zero-order chi connectivity index (χ0) is 16.9. The van der Waals surface area contributed by atoms with Gasteiger partial charge in [0.25, 0.3) is 5.91 Å². The highest BCUT2D eigenvalue weighted by molar-refractivity contribution is 5.94. The normalized spacial score (nSPS) is 16.4. The average Bonchev–Trinajstić information content (AvgIpc) is 2.50. The van der Waals surface area contributed by atoms with E-state index < -0.39 is 6.09 Å². The number of nitrogens with one attached hydrogen (secondary N) is 3. The Hall–Kier alpha value is -2.32. The molecule has 0 spiro atoms. The summed E-state index contributed by atoms with van der Waals surface area (Å²) in [4.78, 5) is 23.3. The summed E-state index contributed by atoms with van der Waals surface area (Å²) in [6.07, 6.45) is -0.627. The number of aromatic hydroxyl groups is 1. The molecule has 1 saturated heterocycles. The highest BCUT2D eigenvalue weighted by atomic mass is 16.5. The zero-order valence-electron chi connectivity index (χ0n) is 13.4. The third-order valence-corrected chi connectivity index (χ3v) is 3.89. The van der Waals surface area contributed by atoms with Crippen molar-refractivity contribution in [1.29, 1.82) is 0 Å². The van der Waals surface area contributed by atoms with Crippen molar-refractivity contribution >= 4 is 23.4 Å². The fraction of sp³-hybridized carbons (Fsp3) is 0.467. The highest BCUT2D eigenvalue weighted by Crippen LogP contribution is 2.27. The molecule has 0 aromatic heterocycles. The Morgan fingerprint density at radius 2 is 2.00 bits per heavy atom. The average molecular weight is 323 g/mol. The van der Waals surface area contributed by atoms with Crippen LogP contribution >= 0.6 is 0 Å². The number of hydrogen-bond donors (Lipinski definition) is 4. The molecule has 8 nitrogen and oxygen atoms in total. The molecule has 1 heterocycles. The second-order valence-electron chi connectivity index (χ2n) is 5.87. The Bertz CT molecular complexity index is 585. The molecule has 2 amide bonds. The first kappa shape index (κ1) is 17.0. The van der Waals surface area contributed by atoms with E-state index in [4.69, 9.17) is 0 Å². The Labute approximate surface area is 135 Å². The fourth-order valence-corrected chi connectivity index (χ4v) is 2.51. The third-order valence-electron chi connectivity index (χ3n) is 3.89. The van der Waals surface area contributed by atoms with Crippen LogP contribution in [0, 0.1) is 0 Å². The molecular formula is C15H23N4O4+. The van der Waals surface area contributed by atoms with Gasteiger partial charge < -0.3 is 25.0 Å². The van der Waals surface area contributed by atoms with Crippen molar-refractivity contribution in [1.82, 2.24) is 5.32 Å². The van der Waals surface area contributed by atoms with Gasteiger partial charge in [0.2, 0.25) is 0 Å². The van der Waals surface area contributed by atoms with Crippen molar-refractivity contribution in [2.24, 2.45) is 0 Å². The highest BCUT2D eigenvalue weighted by Gasteiger charge is 2.27. The van der Waals surface area contributed by atoms with Crippen LogP contribution in [-0.4, -0.2) is 68.5 Å². The number of likely N-dealkylation sites (N-methyl/N-ethyl adjacent to an activating group) is 1. The number of quaternary nitrogens is 1. The first-order chi connectivity index (χ1) is 10.9. The summed E-state index contributed by atoms with van der Waals surface area (Å²) >= 11 is 0. The van der Waals surface area contributed by atoms with Crippen molar-refractivity contribution in [3.63, 3.8) is 0 Å². The van der Waals surface area contributed by atoms with E-state index in [1.807, 2.05) is 7.05 Å². The summed E-state index contributed by atoms with van der Waals surface area (Å²) in [6.45, 7) is 3.91. The number of hydrogen-bond acceptors (Lipinski definition) is 5. The molecule has 1 aromatic rings. The second-order valence-corrected chi connectivity index (χ2v) is 5.87. The summed E-state index contributed by atoms with van der Waals surface area (Å²) in [5, 5.41) is 18.4. The van der Waals surface area contributed by atoms with E-state index in [9.17, 15) is 14.7 Å². The molecule has 1 aliphatic rings. The molecule has 126 valence electrons. The van der Waals surface area contributed by atoms with E-state index in [-0.39, 0.29) is 11.7 Å². The summed E-state index contributed by atoms with van der Waals surface area (Å²) < 4.78 is 5.14. The quantitative estimate of drug-likeness (QED) is 0.479. The molecule has 1 fully saturated rings. The number of piperazine rings is 1. The number of methoxy groups -OCH3 is 1. The van der Waals surface area contributed by atoms with Crippen molar-refractivity contribution in [3.8, 4) is 5.75 Å². The predicted molar refractivity (Wildman–Crippen MR) is 86.4 cm³/mol. The van der Waals surface area contributed by atoms with Crippen LogP contribution in [0.3, 0.4) is 0 Å². The zero-order valence-corrected chi connectivity index (χ0v) is 13.4. The molecule has 1 aromatic carbocycles. The lowest BCUT2D eigenvalue weighted by molar-refractivity contribution is -0.903. The molecular weight excluding hydrogens is 300 g/mol. The van der Waals surface area contributed by atoms with Crippen molar-refractivity contribution in [2.75, 3.05) is 57.5 Å². The monoisotopic (exact) mass is 323 g/mol. The minimum absolute atomic E-state index is 0.116. The van der Waals surface area contributed by atoms with Crippen LogP contribution in [-0.2, 0) is 9.53 Å². The molecule has 0 saturated carbocycles. The number of carbonyl (C=O) groups is 2. The van der Waals surface area contributed by atoms with Crippen LogP contribution < -0.4 is 16.0 Å². The van der Waals surface area contributed by atoms with Gasteiger partial charge in [-0.1, -0.05) is 0 Å². The molecule has 23 heavy (non-hydrogen) atoms. The van der Waals surface area contributed by atoms with Gasteiger partial charge in [0, 0.05) is 24.8 Å². The van der Waals surface area contributed by atoms with Gasteiger partial charge in [-0.25, -0.2) is 4.79 Å². The Balaban J connectivity index is 1.96. The van der Waals surface area contributed by atoms with E-state index in [1.165, 1.54) is 19.2 Å². The Kier molecular flexibility index (Phi) is 5.41. The number of phenolic OH excluding ortho intramolecular Hbond substituents is 1. The van der Waals surface area contributed by atoms with Crippen LogP contribution in [0.1, 0.15) is 0 Å². The van der Waals surface area contributed by atoms with Gasteiger partial charge in [-0.3, -0.25) is 10.1 Å². The maximum absolute atomic E-state index is 12.2. The topological polar surface area (TPSA) is 99.7 Å². The van der Waals surface area contributed by atoms with Gasteiger partial charge in [0.15, 0.2) is 6.54 Å². The minimum Gasteiger partial charge on any atom is -0.506 e. The van der Waals surface area contributed by atoms with Crippen molar-refractivity contribution in [3.05, 3.63) is 18.2 Å². The number of benzene rings is 1. The number of nitrogens with zero attached hydrogens (tertiary/aromatic N) is 1. The number of amides is 2. The second kappa shape index (κ2) is 7.30. The minimum atomic E-state index is -0.627. The summed E-state index contributed by atoms with van der Waals surface area (Å²) in [6, 6.07) is 4.47. The molecule has 0 aliphatic carbocycles. The van der Waals surface area contributed by atoms with E-state index in [0.29, 0.717) is 22.4 Å². The molecule has 0 radical (unpaired) electrons. The lowest BCUT2D eigenvalue weighted by Gasteiger charge is -2.37. The van der Waals surface area contributed by atoms with Gasteiger partial charge in [0.1, 0.15) is 5.75 Å². The summed E-state index contributed by atoms with van der Waals surface area (Å²) in [5.74, 6) is -0.270. The molecule has 2 rings (SSSR count). The van der Waals surface area contributed by atoms with Crippen LogP contribution in [0.5, 0.6) is 5.75 Å². The van der Waals surface area contributed by atoms with Crippen molar-refractivity contribution < 1.29 is 23.9 Å². The number of carbonyl (C=O) groups excluding carboxylic acids is 2. The number of phenols is 1. The molecule has 8 heteroatoms. The van der Waals surface area contributed by atoms with E-state index in [0.717, 1.165) is 26.2 Å². The predicted octanol–water partition coefficient (Wildman–Crippen LogP) is 0.559. The largest absolute Gasteiger partial charge is 0.506 e. The Morgan fingerprint density at radius 3 is 2.61 bits per heavy atom. The van der Waals surface area contributed by atoms with Gasteiger partial charge in [-0.2, -0.15) is 0 Å². The van der Waals surface area contributed by atoms with Gasteiger partial charge in [-0.15, -0.1) is 0 Å². The smallest absolute Gasteiger partial charge is 0.411 e. The van der Waals surface area contributed by atoms with Crippen LogP contribution in [0.15, 0.2) is 18.2 Å². The first-order valence-corrected chi connectivity index (χ1v) is 7.44. The molecule has 1 aliphatic heterocycles. The van der Waals surface area contributed by atoms with Crippen LogP contribution in [0.4, 0.5) is 16.2 Å². The maximum atomic E-state index is 12.2. The number of anilines is 2. The van der Waals surface area contributed by atoms with E-state index in [1.54, 1.807) is 6.07 Å². The maximum Gasteiger partial charge on any atom is 0.411 e. The fourth-order valence-electron chi connectivity index (χ4n) is 2.51. The van der Waals surface area contributed by atoms with Gasteiger partial charge in [-0.05, 0) is 12.1 Å². The molecule has 0 unspecified atom stereocenters. The summed E-state index contributed by atoms with van der Waals surface area (Å²) in [5.41, 5.74) is 0.695. The number of ether oxygens (including phenoxy) is 1. The SMILES string of the molecule is COC(=O)Nc1ccc(NC(=O)C[N+]2(C)CCNCC2)c(O)c1. The van der Waals surface area contributed by atoms with Crippen molar-refractivity contribution in [2.45, 2.75) is 0 Å². The van der Waals surface area contributed by atoms with E-state index >= 15 is 0 Å². The molecule has 4 N–H and O–H groups in total. The third kappa shape index (κ3) is 4.83. The van der Waals surface area contributed by atoms with Gasteiger partial charge >= 0.3 is 6.09 Å². The lowest BCUT2D eigenvalue weighted by Crippen LogP contribution is -2.58. The Morgan fingerprint density at radius 1 is 1.30 bits per heavy atom. The van der Waals surface area contributed by atoms with Crippen LogP contribution in [0.25, 0.3) is 0 Å². The standard InChI is InChI=1S/C15H22N4O4/c1-19(7-5-16-6-8-19)10-14(21)18-12-4-3-11(9-13(12)20)17-15(22)23-2/h3-4,9,16H,5-8,10H2,1-2H3,(H2-,17,18,20,21,22)/p+1. The van der Waals surface area contributed by atoms with E-state index in [2.05, 4.69) is 20.7 Å². The number of rotatable bonds is 4. The summed E-state index contributed by atoms with van der Waals surface area (Å²) in [7, 11) is 3.30. The lowest BCUT2D eigenvalue weighted by atomic mass is 10.2. The van der Waals surface area contributed by atoms with Crippen LogP contribution in [0.2, 0.25) is 0 Å². The van der Waals surface area contributed by atoms with Gasteiger partial charge in [0.05, 0.1) is 32.9 Å².